The summed E-state index contributed by atoms with van der Waals surface area (Å²) in [5.74, 6) is 0. The predicted molar refractivity (Wildman–Crippen MR) is 63.8 cm³/mol. The molecule has 0 bridgehead atoms. The Balaban J connectivity index is 1.92. The molecule has 2 N–H and O–H groups in total. The van der Waals surface area contributed by atoms with Crippen LogP contribution in [-0.2, 0) is 6.54 Å². The van der Waals surface area contributed by atoms with E-state index >= 15 is 0 Å². The number of hydrogen-bond acceptors (Lipinski definition) is 4. The van der Waals surface area contributed by atoms with Crippen LogP contribution in [0.1, 0.15) is 30.7 Å². The van der Waals surface area contributed by atoms with Crippen molar-refractivity contribution in [1.82, 2.24) is 9.88 Å². The third kappa shape index (κ3) is 3.00. The van der Waals surface area contributed by atoms with Crippen LogP contribution in [0.3, 0.4) is 0 Å². The number of nitrogens with two attached hydrogens (primary N) is 1. The molecule has 0 aliphatic carbocycles. The molecule has 4 heteroatoms. The molecular formula is C11H19N3S. The van der Waals surface area contributed by atoms with Crippen LogP contribution in [0.15, 0.2) is 11.6 Å². The summed E-state index contributed by atoms with van der Waals surface area (Å²) in [6.07, 6.45) is 7.02. The van der Waals surface area contributed by atoms with Gasteiger partial charge in [0, 0.05) is 17.6 Å². The normalized spacial score (nSPS) is 23.1. The largest absolute Gasteiger partial charge is 0.330 e. The van der Waals surface area contributed by atoms with Crippen molar-refractivity contribution in [1.29, 1.82) is 0 Å². The van der Waals surface area contributed by atoms with Gasteiger partial charge in [0.25, 0.3) is 0 Å². The van der Waals surface area contributed by atoms with Crippen LogP contribution in [0, 0.1) is 0 Å². The molecule has 1 aromatic heterocycles. The van der Waals surface area contributed by atoms with E-state index in [2.05, 4.69) is 15.3 Å². The number of aromatic nitrogens is 1. The number of thiazole rings is 1. The fourth-order valence-electron chi connectivity index (χ4n) is 2.29. The number of rotatable bonds is 4. The first-order valence-electron chi connectivity index (χ1n) is 5.72. The molecule has 84 valence electrons. The van der Waals surface area contributed by atoms with E-state index in [4.69, 9.17) is 5.73 Å². The predicted octanol–water partition coefficient (Wildman–Crippen LogP) is 1.85. The molecule has 2 rings (SSSR count). The molecule has 0 amide bonds. The van der Waals surface area contributed by atoms with Gasteiger partial charge in [-0.3, -0.25) is 4.90 Å². The lowest BCUT2D eigenvalue weighted by Gasteiger charge is -2.34. The van der Waals surface area contributed by atoms with E-state index in [0.29, 0.717) is 6.04 Å². The minimum absolute atomic E-state index is 0.688. The molecule has 1 aromatic rings. The zero-order valence-corrected chi connectivity index (χ0v) is 9.88. The van der Waals surface area contributed by atoms with Crippen molar-refractivity contribution in [3.8, 4) is 0 Å². The molecule has 0 radical (unpaired) electrons. The zero-order valence-electron chi connectivity index (χ0n) is 9.06. The summed E-state index contributed by atoms with van der Waals surface area (Å²) in [4.78, 5) is 6.90. The van der Waals surface area contributed by atoms with E-state index in [1.165, 1.54) is 30.8 Å². The smallest absolute Gasteiger partial charge is 0.107 e. The van der Waals surface area contributed by atoms with Gasteiger partial charge in [-0.05, 0) is 32.4 Å². The Morgan fingerprint density at radius 3 is 3.20 bits per heavy atom. The fraction of sp³-hybridized carbons (Fsp3) is 0.727. The third-order valence-corrected chi connectivity index (χ3v) is 3.84. The van der Waals surface area contributed by atoms with Gasteiger partial charge in [-0.15, -0.1) is 11.3 Å². The highest BCUT2D eigenvalue weighted by Gasteiger charge is 2.22. The van der Waals surface area contributed by atoms with Crippen molar-refractivity contribution in [2.24, 2.45) is 5.73 Å². The van der Waals surface area contributed by atoms with Crippen molar-refractivity contribution in [2.75, 3.05) is 13.1 Å². The van der Waals surface area contributed by atoms with Crippen molar-refractivity contribution >= 4 is 11.3 Å². The average molecular weight is 225 g/mol. The Morgan fingerprint density at radius 1 is 1.53 bits per heavy atom. The maximum Gasteiger partial charge on any atom is 0.107 e. The summed E-state index contributed by atoms with van der Waals surface area (Å²) in [6.45, 7) is 3.03. The van der Waals surface area contributed by atoms with E-state index in [9.17, 15) is 0 Å². The van der Waals surface area contributed by atoms with E-state index in [-0.39, 0.29) is 0 Å². The first kappa shape index (κ1) is 11.0. The number of piperidine rings is 1. The van der Waals surface area contributed by atoms with Crippen LogP contribution in [0.4, 0.5) is 0 Å². The highest BCUT2D eigenvalue weighted by Crippen LogP contribution is 2.22. The molecule has 1 saturated heterocycles. The quantitative estimate of drug-likeness (QED) is 0.850. The summed E-state index contributed by atoms with van der Waals surface area (Å²) in [7, 11) is 0. The molecule has 0 aromatic carbocycles. The second-order valence-electron chi connectivity index (χ2n) is 4.12. The van der Waals surface area contributed by atoms with E-state index < -0.39 is 0 Å². The van der Waals surface area contributed by atoms with Gasteiger partial charge in [0.05, 0.1) is 6.54 Å². The lowest BCUT2D eigenvalue weighted by Crippen LogP contribution is -2.40. The first-order chi connectivity index (χ1) is 7.40. The monoisotopic (exact) mass is 225 g/mol. The van der Waals surface area contributed by atoms with Gasteiger partial charge in [0.15, 0.2) is 0 Å². The van der Waals surface area contributed by atoms with Gasteiger partial charge in [-0.2, -0.15) is 0 Å². The van der Waals surface area contributed by atoms with Gasteiger partial charge in [0.1, 0.15) is 5.01 Å². The van der Waals surface area contributed by atoms with Crippen LogP contribution < -0.4 is 5.73 Å². The van der Waals surface area contributed by atoms with Crippen molar-refractivity contribution in [2.45, 2.75) is 38.3 Å². The van der Waals surface area contributed by atoms with Gasteiger partial charge >= 0.3 is 0 Å². The number of nitrogens with zero attached hydrogens (tertiary/aromatic N) is 2. The number of likely N-dealkylation sites (tertiary alicyclic amines) is 1. The van der Waals surface area contributed by atoms with Gasteiger partial charge in [-0.25, -0.2) is 4.98 Å². The minimum Gasteiger partial charge on any atom is -0.330 e. The third-order valence-electron chi connectivity index (χ3n) is 3.07. The van der Waals surface area contributed by atoms with Crippen LogP contribution in [-0.4, -0.2) is 29.0 Å². The van der Waals surface area contributed by atoms with Crippen molar-refractivity contribution in [3.63, 3.8) is 0 Å². The summed E-state index contributed by atoms with van der Waals surface area (Å²) < 4.78 is 0. The molecular weight excluding hydrogens is 206 g/mol. The minimum atomic E-state index is 0.688. The van der Waals surface area contributed by atoms with Gasteiger partial charge < -0.3 is 5.73 Å². The molecule has 1 fully saturated rings. The zero-order chi connectivity index (χ0) is 10.5. The SMILES string of the molecule is NCCC1CCCCN1Cc1nccs1. The summed E-state index contributed by atoms with van der Waals surface area (Å²) >= 11 is 1.75. The van der Waals surface area contributed by atoms with Crippen molar-refractivity contribution < 1.29 is 0 Å². The topological polar surface area (TPSA) is 42.1 Å². The maximum atomic E-state index is 5.66. The van der Waals surface area contributed by atoms with Crippen LogP contribution in [0.5, 0.6) is 0 Å². The molecule has 3 nitrogen and oxygen atoms in total. The molecule has 2 heterocycles. The number of hydrogen-bond donors (Lipinski definition) is 1. The Hall–Kier alpha value is -0.450. The molecule has 1 atom stereocenters. The lowest BCUT2D eigenvalue weighted by atomic mass is 9.99. The Labute approximate surface area is 95.3 Å². The Kier molecular flexibility index (Phi) is 4.11. The second kappa shape index (κ2) is 5.58. The Morgan fingerprint density at radius 2 is 2.47 bits per heavy atom. The van der Waals surface area contributed by atoms with Gasteiger partial charge in [0.2, 0.25) is 0 Å². The fourth-order valence-corrected chi connectivity index (χ4v) is 2.93. The second-order valence-corrected chi connectivity index (χ2v) is 5.10. The summed E-state index contributed by atoms with van der Waals surface area (Å²) in [6, 6.07) is 0.688. The average Bonchev–Trinajstić information content (AvgIpc) is 2.74. The lowest BCUT2D eigenvalue weighted by molar-refractivity contribution is 0.134. The van der Waals surface area contributed by atoms with Crippen molar-refractivity contribution in [3.05, 3.63) is 16.6 Å². The standard InChI is InChI=1S/C11H19N3S/c12-5-4-10-3-1-2-7-14(10)9-11-13-6-8-15-11/h6,8,10H,1-5,7,9,12H2. The molecule has 1 aliphatic rings. The highest BCUT2D eigenvalue weighted by molar-refractivity contribution is 7.09. The van der Waals surface area contributed by atoms with E-state index in [1.54, 1.807) is 11.3 Å². The maximum absolute atomic E-state index is 5.66. The summed E-state index contributed by atoms with van der Waals surface area (Å²) in [5, 5.41) is 3.29. The Bertz CT molecular complexity index is 271. The van der Waals surface area contributed by atoms with E-state index in [0.717, 1.165) is 19.5 Å². The molecule has 0 saturated carbocycles. The highest BCUT2D eigenvalue weighted by atomic mass is 32.1. The molecule has 15 heavy (non-hydrogen) atoms. The van der Waals surface area contributed by atoms with E-state index in [1.807, 2.05) is 6.20 Å². The van der Waals surface area contributed by atoms with Crippen LogP contribution in [0.2, 0.25) is 0 Å². The van der Waals surface area contributed by atoms with Gasteiger partial charge in [-0.1, -0.05) is 6.42 Å². The van der Waals surface area contributed by atoms with Crippen LogP contribution in [0.25, 0.3) is 0 Å². The molecule has 1 aliphatic heterocycles. The molecule has 0 spiro atoms. The van der Waals surface area contributed by atoms with Crippen LogP contribution >= 0.6 is 11.3 Å². The summed E-state index contributed by atoms with van der Waals surface area (Å²) in [5.41, 5.74) is 5.66. The molecule has 1 unspecified atom stereocenters. The first-order valence-corrected chi connectivity index (χ1v) is 6.60.